The van der Waals surface area contributed by atoms with Gasteiger partial charge in [0, 0.05) is 25.4 Å². The number of aromatic nitrogens is 3. The van der Waals surface area contributed by atoms with Crippen molar-refractivity contribution in [3.8, 4) is 5.69 Å². The highest BCUT2D eigenvalue weighted by Gasteiger charge is 2.29. The van der Waals surface area contributed by atoms with Gasteiger partial charge in [-0.3, -0.25) is 9.78 Å². The van der Waals surface area contributed by atoms with Crippen LogP contribution in [0.15, 0.2) is 55.1 Å². The summed E-state index contributed by atoms with van der Waals surface area (Å²) < 4.78 is 28.2. The zero-order valence-electron chi connectivity index (χ0n) is 13.8. The molecule has 1 amide bonds. The molecule has 2 aromatic heterocycles. The molecule has 1 atom stereocenters. The van der Waals surface area contributed by atoms with Gasteiger partial charge < -0.3 is 4.90 Å². The average molecular weight is 354 g/mol. The molecule has 26 heavy (non-hydrogen) atoms. The van der Waals surface area contributed by atoms with Gasteiger partial charge in [-0.2, -0.15) is 5.10 Å². The van der Waals surface area contributed by atoms with Crippen molar-refractivity contribution in [1.82, 2.24) is 14.8 Å². The first-order chi connectivity index (χ1) is 12.6. The van der Waals surface area contributed by atoms with Crippen molar-refractivity contribution in [3.63, 3.8) is 0 Å². The SMILES string of the molecule is O=C1CC(c2ccc(F)c(F)c2)CCN1c1cnn(-c2ccncc2)c1. The Morgan fingerprint density at radius 1 is 1.04 bits per heavy atom. The second-order valence-electron chi connectivity index (χ2n) is 6.26. The van der Waals surface area contributed by atoms with Crippen LogP contribution in [-0.4, -0.2) is 27.2 Å². The molecule has 132 valence electrons. The van der Waals surface area contributed by atoms with Gasteiger partial charge in [0.2, 0.25) is 5.91 Å². The summed E-state index contributed by atoms with van der Waals surface area (Å²) in [4.78, 5) is 18.2. The molecule has 1 fully saturated rings. The second kappa shape index (κ2) is 6.67. The lowest BCUT2D eigenvalue weighted by Crippen LogP contribution is -2.38. The largest absolute Gasteiger partial charge is 0.309 e. The number of hydrogen-bond acceptors (Lipinski definition) is 3. The van der Waals surface area contributed by atoms with Crippen LogP contribution < -0.4 is 4.90 Å². The van der Waals surface area contributed by atoms with E-state index in [2.05, 4.69) is 10.1 Å². The van der Waals surface area contributed by atoms with E-state index in [-0.39, 0.29) is 18.2 Å². The lowest BCUT2D eigenvalue weighted by molar-refractivity contribution is -0.119. The van der Waals surface area contributed by atoms with Crippen LogP contribution in [0.1, 0.15) is 24.3 Å². The van der Waals surface area contributed by atoms with Gasteiger partial charge in [-0.1, -0.05) is 6.07 Å². The van der Waals surface area contributed by atoms with Crippen LogP contribution in [0.5, 0.6) is 0 Å². The monoisotopic (exact) mass is 354 g/mol. The smallest absolute Gasteiger partial charge is 0.227 e. The molecule has 1 saturated heterocycles. The number of benzene rings is 1. The minimum atomic E-state index is -0.879. The molecule has 1 aliphatic rings. The molecular formula is C19H16F2N4O. The van der Waals surface area contributed by atoms with Gasteiger partial charge in [-0.15, -0.1) is 0 Å². The summed E-state index contributed by atoms with van der Waals surface area (Å²) in [5, 5.41) is 4.30. The zero-order valence-corrected chi connectivity index (χ0v) is 13.8. The summed E-state index contributed by atoms with van der Waals surface area (Å²) in [5.74, 6) is -1.92. The van der Waals surface area contributed by atoms with Gasteiger partial charge in [0.25, 0.3) is 0 Å². The minimum absolute atomic E-state index is 0.0553. The number of nitrogens with zero attached hydrogens (tertiary/aromatic N) is 4. The molecule has 0 bridgehead atoms. The van der Waals surface area contributed by atoms with Gasteiger partial charge in [-0.05, 0) is 42.2 Å². The fourth-order valence-electron chi connectivity index (χ4n) is 3.25. The Kier molecular flexibility index (Phi) is 4.20. The summed E-state index contributed by atoms with van der Waals surface area (Å²) in [7, 11) is 0. The van der Waals surface area contributed by atoms with Crippen LogP contribution in [0.25, 0.3) is 5.69 Å². The van der Waals surface area contributed by atoms with E-state index in [0.29, 0.717) is 18.5 Å². The van der Waals surface area contributed by atoms with Crippen LogP contribution in [0.4, 0.5) is 14.5 Å². The number of amides is 1. The van der Waals surface area contributed by atoms with E-state index in [1.165, 1.54) is 6.07 Å². The van der Waals surface area contributed by atoms with Crippen molar-refractivity contribution in [3.05, 3.63) is 72.3 Å². The molecule has 1 unspecified atom stereocenters. The predicted molar refractivity (Wildman–Crippen MR) is 92.0 cm³/mol. The molecule has 1 aromatic carbocycles. The van der Waals surface area contributed by atoms with Crippen LogP contribution in [0, 0.1) is 11.6 Å². The number of hydrogen-bond donors (Lipinski definition) is 0. The molecule has 5 nitrogen and oxygen atoms in total. The van der Waals surface area contributed by atoms with E-state index in [1.807, 2.05) is 12.1 Å². The first-order valence-corrected chi connectivity index (χ1v) is 8.32. The maximum Gasteiger partial charge on any atom is 0.227 e. The number of carbonyl (C=O) groups excluding carboxylic acids is 1. The van der Waals surface area contributed by atoms with Crippen molar-refractivity contribution in [1.29, 1.82) is 0 Å². The summed E-state index contributed by atoms with van der Waals surface area (Å²) in [6.45, 7) is 0.504. The van der Waals surface area contributed by atoms with E-state index in [4.69, 9.17) is 0 Å². The van der Waals surface area contributed by atoms with Crippen LogP contribution in [-0.2, 0) is 4.79 Å². The lowest BCUT2D eigenvalue weighted by atomic mass is 9.89. The molecule has 0 N–H and O–H groups in total. The molecule has 0 radical (unpaired) electrons. The molecule has 7 heteroatoms. The van der Waals surface area contributed by atoms with Gasteiger partial charge in [-0.25, -0.2) is 13.5 Å². The first-order valence-electron chi connectivity index (χ1n) is 8.32. The third-order valence-corrected chi connectivity index (χ3v) is 4.65. The number of rotatable bonds is 3. The lowest BCUT2D eigenvalue weighted by Gasteiger charge is -2.31. The van der Waals surface area contributed by atoms with Gasteiger partial charge in [0.15, 0.2) is 11.6 Å². The summed E-state index contributed by atoms with van der Waals surface area (Å²) in [5.41, 5.74) is 2.23. The van der Waals surface area contributed by atoms with Gasteiger partial charge >= 0.3 is 0 Å². The quantitative estimate of drug-likeness (QED) is 0.724. The van der Waals surface area contributed by atoms with E-state index in [9.17, 15) is 13.6 Å². The predicted octanol–water partition coefficient (Wildman–Crippen LogP) is 3.46. The molecule has 3 aromatic rings. The average Bonchev–Trinajstić information content (AvgIpc) is 3.14. The Hall–Kier alpha value is -3.09. The van der Waals surface area contributed by atoms with Crippen molar-refractivity contribution in [2.24, 2.45) is 0 Å². The van der Waals surface area contributed by atoms with Crippen LogP contribution in [0.2, 0.25) is 0 Å². The Labute approximate surface area is 148 Å². The third kappa shape index (κ3) is 3.08. The number of piperidine rings is 1. The molecule has 0 saturated carbocycles. The molecule has 0 spiro atoms. The number of pyridine rings is 1. The second-order valence-corrected chi connectivity index (χ2v) is 6.26. The van der Waals surface area contributed by atoms with Gasteiger partial charge in [0.05, 0.1) is 23.8 Å². The highest BCUT2D eigenvalue weighted by molar-refractivity contribution is 5.94. The Morgan fingerprint density at radius 2 is 1.85 bits per heavy atom. The number of halogens is 2. The summed E-state index contributed by atoms with van der Waals surface area (Å²) >= 11 is 0. The third-order valence-electron chi connectivity index (χ3n) is 4.65. The normalized spacial score (nSPS) is 17.5. The number of carbonyl (C=O) groups is 1. The highest BCUT2D eigenvalue weighted by atomic mass is 19.2. The van der Waals surface area contributed by atoms with Crippen molar-refractivity contribution < 1.29 is 13.6 Å². The fraction of sp³-hybridized carbons (Fsp3) is 0.211. The molecule has 3 heterocycles. The van der Waals surface area contributed by atoms with Crippen molar-refractivity contribution >= 4 is 11.6 Å². The van der Waals surface area contributed by atoms with Crippen molar-refractivity contribution in [2.75, 3.05) is 11.4 Å². The summed E-state index contributed by atoms with van der Waals surface area (Å²) in [6, 6.07) is 7.50. The minimum Gasteiger partial charge on any atom is -0.309 e. The maximum absolute atomic E-state index is 13.5. The van der Waals surface area contributed by atoms with Crippen LogP contribution in [0.3, 0.4) is 0 Å². The van der Waals surface area contributed by atoms with E-state index in [0.717, 1.165) is 17.4 Å². The van der Waals surface area contributed by atoms with E-state index < -0.39 is 11.6 Å². The zero-order chi connectivity index (χ0) is 18.1. The van der Waals surface area contributed by atoms with Crippen LogP contribution >= 0.6 is 0 Å². The molecule has 4 rings (SSSR count). The summed E-state index contributed by atoms with van der Waals surface area (Å²) in [6.07, 6.45) is 7.73. The van der Waals surface area contributed by atoms with E-state index >= 15 is 0 Å². The molecule has 1 aliphatic heterocycles. The highest BCUT2D eigenvalue weighted by Crippen LogP contribution is 2.32. The topological polar surface area (TPSA) is 51.0 Å². The Bertz CT molecular complexity index is 942. The maximum atomic E-state index is 13.5. The Balaban J connectivity index is 1.50. The molecular weight excluding hydrogens is 338 g/mol. The first kappa shape index (κ1) is 16.4. The fourth-order valence-corrected chi connectivity index (χ4v) is 3.25. The van der Waals surface area contributed by atoms with Crippen molar-refractivity contribution in [2.45, 2.75) is 18.8 Å². The standard InChI is InChI=1S/C19H16F2N4O/c20-17-2-1-13(9-18(17)21)14-5-8-24(19(26)10-14)16-11-23-25(12-16)15-3-6-22-7-4-15/h1-4,6-7,9,11-12,14H,5,8,10H2. The number of anilines is 1. The van der Waals surface area contributed by atoms with E-state index in [1.54, 1.807) is 40.4 Å². The Morgan fingerprint density at radius 3 is 2.58 bits per heavy atom. The van der Waals surface area contributed by atoms with Gasteiger partial charge in [0.1, 0.15) is 0 Å². The molecule has 0 aliphatic carbocycles.